The number of hydrogen-bond donors (Lipinski definition) is 2. The van der Waals surface area contributed by atoms with Gasteiger partial charge in [-0.2, -0.15) is 0 Å². The highest BCUT2D eigenvalue weighted by Crippen LogP contribution is 2.27. The monoisotopic (exact) mass is 236 g/mol. The Morgan fingerprint density at radius 2 is 2.29 bits per heavy atom. The van der Waals surface area contributed by atoms with E-state index in [1.165, 1.54) is 0 Å². The summed E-state index contributed by atoms with van der Waals surface area (Å²) in [7, 11) is 0. The summed E-state index contributed by atoms with van der Waals surface area (Å²) in [6, 6.07) is 3.93. The van der Waals surface area contributed by atoms with Crippen molar-refractivity contribution in [2.45, 2.75) is 51.4 Å². The quantitative estimate of drug-likeness (QED) is 0.841. The second kappa shape index (κ2) is 5.36. The normalized spacial score (nSPS) is 24.0. The summed E-state index contributed by atoms with van der Waals surface area (Å²) in [6.45, 7) is 3.95. The molecule has 2 atom stereocenters. The second-order valence-electron chi connectivity index (χ2n) is 4.77. The molecule has 2 rings (SSSR count). The number of aliphatic hydroxyl groups excluding tert-OH is 1. The van der Waals surface area contributed by atoms with Gasteiger partial charge in [0.05, 0.1) is 23.9 Å². The van der Waals surface area contributed by atoms with Crippen LogP contribution in [0.2, 0.25) is 0 Å². The van der Waals surface area contributed by atoms with Gasteiger partial charge in [0, 0.05) is 6.20 Å². The summed E-state index contributed by atoms with van der Waals surface area (Å²) in [6.07, 6.45) is 4.49. The molecule has 1 saturated carbocycles. The molecule has 1 heterocycles. The van der Waals surface area contributed by atoms with Crippen LogP contribution in [-0.2, 0) is 0 Å². The third-order valence-electron chi connectivity index (χ3n) is 2.94. The lowest BCUT2D eigenvalue weighted by atomic mass is 10.2. The summed E-state index contributed by atoms with van der Waals surface area (Å²) in [4.78, 5) is 4.22. The average Bonchev–Trinajstić information content (AvgIpc) is 2.67. The van der Waals surface area contributed by atoms with Gasteiger partial charge >= 0.3 is 0 Å². The van der Waals surface area contributed by atoms with Gasteiger partial charge in [0.25, 0.3) is 0 Å². The summed E-state index contributed by atoms with van der Waals surface area (Å²) >= 11 is 0. The molecule has 0 bridgehead atoms. The van der Waals surface area contributed by atoms with Gasteiger partial charge in [-0.3, -0.25) is 0 Å². The Morgan fingerprint density at radius 1 is 1.47 bits per heavy atom. The van der Waals surface area contributed by atoms with Crippen LogP contribution in [0.5, 0.6) is 5.88 Å². The van der Waals surface area contributed by atoms with E-state index in [0.717, 1.165) is 24.9 Å². The van der Waals surface area contributed by atoms with Crippen molar-refractivity contribution >= 4 is 5.69 Å². The molecule has 1 aliphatic rings. The second-order valence-corrected chi connectivity index (χ2v) is 4.77. The highest BCUT2D eigenvalue weighted by atomic mass is 16.5. The minimum absolute atomic E-state index is 0.0963. The molecule has 0 spiro atoms. The molecule has 1 aromatic rings. The Bertz CT molecular complexity index is 368. The maximum Gasteiger partial charge on any atom is 0.237 e. The summed E-state index contributed by atoms with van der Waals surface area (Å²) < 4.78 is 5.64. The van der Waals surface area contributed by atoms with Gasteiger partial charge in [-0.05, 0) is 45.2 Å². The van der Waals surface area contributed by atoms with Crippen LogP contribution in [0.4, 0.5) is 5.69 Å². The first-order chi connectivity index (χ1) is 8.16. The lowest BCUT2D eigenvalue weighted by Crippen LogP contribution is -2.28. The zero-order valence-electron chi connectivity index (χ0n) is 10.4. The minimum Gasteiger partial charge on any atom is -0.473 e. The Hall–Kier alpha value is -1.29. The highest BCUT2D eigenvalue weighted by Gasteiger charge is 2.25. The van der Waals surface area contributed by atoms with Crippen molar-refractivity contribution in [3.05, 3.63) is 18.3 Å². The van der Waals surface area contributed by atoms with E-state index in [0.29, 0.717) is 5.88 Å². The fourth-order valence-electron chi connectivity index (χ4n) is 2.13. The van der Waals surface area contributed by atoms with Crippen LogP contribution in [0.15, 0.2) is 18.3 Å². The van der Waals surface area contributed by atoms with E-state index in [1.54, 1.807) is 6.20 Å². The zero-order chi connectivity index (χ0) is 12.3. The number of rotatable bonds is 4. The zero-order valence-corrected chi connectivity index (χ0v) is 10.4. The van der Waals surface area contributed by atoms with E-state index in [1.807, 2.05) is 26.0 Å². The standard InChI is InChI=1S/C13H20N2O2/c1-9(2)17-13-11(6-4-8-14-13)15-10-5-3-7-12(10)16/h4,6,8-10,12,15-16H,3,5,7H2,1-2H3/t10-,12-/m0/s1. The molecule has 0 saturated heterocycles. The van der Waals surface area contributed by atoms with E-state index in [4.69, 9.17) is 4.74 Å². The summed E-state index contributed by atoms with van der Waals surface area (Å²) in [5.41, 5.74) is 0.868. The maximum atomic E-state index is 9.80. The van der Waals surface area contributed by atoms with Crippen LogP contribution in [0, 0.1) is 0 Å². The van der Waals surface area contributed by atoms with Gasteiger partial charge < -0.3 is 15.2 Å². The lowest BCUT2D eigenvalue weighted by Gasteiger charge is -2.20. The van der Waals surface area contributed by atoms with Crippen LogP contribution >= 0.6 is 0 Å². The number of nitrogens with one attached hydrogen (secondary N) is 1. The van der Waals surface area contributed by atoms with Crippen LogP contribution in [0.3, 0.4) is 0 Å². The van der Waals surface area contributed by atoms with Crippen molar-refractivity contribution in [3.8, 4) is 5.88 Å². The van der Waals surface area contributed by atoms with Crippen LogP contribution < -0.4 is 10.1 Å². The SMILES string of the molecule is CC(C)Oc1ncccc1N[C@H]1CCC[C@@H]1O. The third-order valence-corrected chi connectivity index (χ3v) is 2.94. The lowest BCUT2D eigenvalue weighted by molar-refractivity contribution is 0.171. The minimum atomic E-state index is -0.262. The van der Waals surface area contributed by atoms with Gasteiger partial charge in [-0.25, -0.2) is 4.98 Å². The molecule has 0 unspecified atom stereocenters. The molecular formula is C13H20N2O2. The molecule has 17 heavy (non-hydrogen) atoms. The summed E-state index contributed by atoms with van der Waals surface area (Å²) in [5.74, 6) is 0.613. The molecular weight excluding hydrogens is 216 g/mol. The molecule has 1 fully saturated rings. The van der Waals surface area contributed by atoms with Crippen molar-refractivity contribution in [1.82, 2.24) is 4.98 Å². The Balaban J connectivity index is 2.09. The molecule has 0 aromatic carbocycles. The Morgan fingerprint density at radius 3 is 2.94 bits per heavy atom. The Kier molecular flexibility index (Phi) is 3.84. The smallest absolute Gasteiger partial charge is 0.237 e. The molecule has 1 aliphatic carbocycles. The first-order valence-corrected chi connectivity index (χ1v) is 6.23. The topological polar surface area (TPSA) is 54.4 Å². The molecule has 94 valence electrons. The maximum absolute atomic E-state index is 9.80. The van der Waals surface area contributed by atoms with Crippen molar-refractivity contribution < 1.29 is 9.84 Å². The molecule has 0 radical (unpaired) electrons. The number of pyridine rings is 1. The molecule has 1 aromatic heterocycles. The van der Waals surface area contributed by atoms with Crippen LogP contribution in [0.1, 0.15) is 33.1 Å². The molecule has 2 N–H and O–H groups in total. The first kappa shape index (κ1) is 12.2. The number of nitrogens with zero attached hydrogens (tertiary/aromatic N) is 1. The molecule has 4 heteroatoms. The largest absolute Gasteiger partial charge is 0.473 e. The molecule has 0 amide bonds. The van der Waals surface area contributed by atoms with Gasteiger partial charge in [0.2, 0.25) is 5.88 Å². The predicted octanol–water partition coefficient (Wildman–Crippen LogP) is 2.19. The number of aliphatic hydroxyl groups is 1. The first-order valence-electron chi connectivity index (χ1n) is 6.23. The van der Waals surface area contributed by atoms with E-state index >= 15 is 0 Å². The van der Waals surface area contributed by atoms with Gasteiger partial charge in [-0.1, -0.05) is 0 Å². The third kappa shape index (κ3) is 3.09. The van der Waals surface area contributed by atoms with Gasteiger partial charge in [-0.15, -0.1) is 0 Å². The predicted molar refractivity (Wildman–Crippen MR) is 67.3 cm³/mol. The van der Waals surface area contributed by atoms with E-state index < -0.39 is 0 Å². The van der Waals surface area contributed by atoms with Crippen molar-refractivity contribution in [2.24, 2.45) is 0 Å². The fourth-order valence-corrected chi connectivity index (χ4v) is 2.13. The highest BCUT2D eigenvalue weighted by molar-refractivity contribution is 5.53. The van der Waals surface area contributed by atoms with Crippen molar-refractivity contribution in [1.29, 1.82) is 0 Å². The number of hydrogen-bond acceptors (Lipinski definition) is 4. The Labute approximate surface area is 102 Å². The summed E-state index contributed by atoms with van der Waals surface area (Å²) in [5, 5.41) is 13.1. The van der Waals surface area contributed by atoms with E-state index in [9.17, 15) is 5.11 Å². The average molecular weight is 236 g/mol. The van der Waals surface area contributed by atoms with Gasteiger partial charge in [0.1, 0.15) is 0 Å². The van der Waals surface area contributed by atoms with Crippen LogP contribution in [0.25, 0.3) is 0 Å². The number of anilines is 1. The molecule has 4 nitrogen and oxygen atoms in total. The van der Waals surface area contributed by atoms with Crippen molar-refractivity contribution in [2.75, 3.05) is 5.32 Å². The molecule has 0 aliphatic heterocycles. The van der Waals surface area contributed by atoms with Gasteiger partial charge in [0.15, 0.2) is 0 Å². The van der Waals surface area contributed by atoms with Crippen LogP contribution in [-0.4, -0.2) is 28.3 Å². The van der Waals surface area contributed by atoms with Crippen molar-refractivity contribution in [3.63, 3.8) is 0 Å². The number of aromatic nitrogens is 1. The van der Waals surface area contributed by atoms with E-state index in [2.05, 4.69) is 10.3 Å². The number of ether oxygens (including phenoxy) is 1. The van der Waals surface area contributed by atoms with E-state index in [-0.39, 0.29) is 18.2 Å². The fraction of sp³-hybridized carbons (Fsp3) is 0.615.